The molecule has 0 amide bonds. The zero-order valence-electron chi connectivity index (χ0n) is 6.23. The van der Waals surface area contributed by atoms with E-state index in [4.69, 9.17) is 5.73 Å². The molecule has 0 aliphatic carbocycles. The Hall–Kier alpha value is -1.46. The predicted molar refractivity (Wildman–Crippen MR) is 37.4 cm³/mol. The first-order valence-electron chi connectivity index (χ1n) is 3.20. The van der Waals surface area contributed by atoms with Crippen LogP contribution in [-0.2, 0) is 0 Å². The van der Waals surface area contributed by atoms with Crippen LogP contribution < -0.4 is 10.5 Å². The highest BCUT2D eigenvalue weighted by molar-refractivity contribution is 5.44. The fourth-order valence-electron chi connectivity index (χ4n) is 0.734. The van der Waals surface area contributed by atoms with Gasteiger partial charge in [0.05, 0.1) is 5.69 Å². The van der Waals surface area contributed by atoms with Crippen molar-refractivity contribution in [2.45, 2.75) is 6.61 Å². The molecule has 2 N–H and O–H groups in total. The van der Waals surface area contributed by atoms with Crippen LogP contribution in [-0.4, -0.2) is 6.61 Å². The molecule has 0 unspecified atom stereocenters. The SMILES string of the molecule is Nc1ccc(OC(F)F)c(F)c1F. The molecule has 0 aliphatic heterocycles. The van der Waals surface area contributed by atoms with Crippen molar-refractivity contribution in [3.8, 4) is 5.75 Å². The zero-order chi connectivity index (χ0) is 10.0. The summed E-state index contributed by atoms with van der Waals surface area (Å²) in [4.78, 5) is 0. The van der Waals surface area contributed by atoms with Crippen molar-refractivity contribution in [1.29, 1.82) is 0 Å². The van der Waals surface area contributed by atoms with Crippen LogP contribution in [0.3, 0.4) is 0 Å². The van der Waals surface area contributed by atoms with Gasteiger partial charge in [-0.2, -0.15) is 13.2 Å². The van der Waals surface area contributed by atoms with E-state index in [1.54, 1.807) is 0 Å². The van der Waals surface area contributed by atoms with E-state index in [0.717, 1.165) is 12.1 Å². The molecule has 1 rings (SSSR count). The molecule has 0 bridgehead atoms. The summed E-state index contributed by atoms with van der Waals surface area (Å²) in [5, 5.41) is 0. The molecule has 13 heavy (non-hydrogen) atoms. The van der Waals surface area contributed by atoms with Gasteiger partial charge < -0.3 is 10.5 Å². The summed E-state index contributed by atoms with van der Waals surface area (Å²) < 4.78 is 52.2. The first-order chi connectivity index (χ1) is 6.02. The largest absolute Gasteiger partial charge is 0.432 e. The Balaban J connectivity index is 3.04. The molecule has 6 heteroatoms. The Kier molecular flexibility index (Phi) is 2.60. The summed E-state index contributed by atoms with van der Waals surface area (Å²) in [7, 11) is 0. The van der Waals surface area contributed by atoms with Crippen molar-refractivity contribution in [2.24, 2.45) is 0 Å². The van der Waals surface area contributed by atoms with Gasteiger partial charge in [-0.3, -0.25) is 0 Å². The molecule has 72 valence electrons. The van der Waals surface area contributed by atoms with E-state index in [0.29, 0.717) is 0 Å². The van der Waals surface area contributed by atoms with Crippen LogP contribution in [0.25, 0.3) is 0 Å². The van der Waals surface area contributed by atoms with Gasteiger partial charge in [0.15, 0.2) is 11.6 Å². The normalized spacial score (nSPS) is 10.5. The second-order valence-electron chi connectivity index (χ2n) is 2.16. The predicted octanol–water partition coefficient (Wildman–Crippen LogP) is 2.15. The van der Waals surface area contributed by atoms with E-state index in [9.17, 15) is 17.6 Å². The summed E-state index contributed by atoms with van der Waals surface area (Å²) in [5.74, 6) is -3.76. The van der Waals surface area contributed by atoms with E-state index in [1.807, 2.05) is 0 Å². The Morgan fingerprint density at radius 2 is 1.77 bits per heavy atom. The van der Waals surface area contributed by atoms with Crippen molar-refractivity contribution < 1.29 is 22.3 Å². The fourth-order valence-corrected chi connectivity index (χ4v) is 0.734. The number of rotatable bonds is 2. The quantitative estimate of drug-likeness (QED) is 0.579. The van der Waals surface area contributed by atoms with Gasteiger partial charge in [-0.1, -0.05) is 0 Å². The number of nitrogen functional groups attached to an aromatic ring is 1. The molecule has 0 fully saturated rings. The number of hydrogen-bond donors (Lipinski definition) is 1. The molecule has 0 aliphatic rings. The number of hydrogen-bond acceptors (Lipinski definition) is 2. The molecule has 0 saturated carbocycles. The molecule has 0 radical (unpaired) electrons. The summed E-state index contributed by atoms with van der Waals surface area (Å²) in [6, 6.07) is 1.77. The number of benzene rings is 1. The smallest absolute Gasteiger partial charge is 0.387 e. The Morgan fingerprint density at radius 1 is 1.15 bits per heavy atom. The van der Waals surface area contributed by atoms with Gasteiger partial charge in [-0.15, -0.1) is 0 Å². The first kappa shape index (κ1) is 9.63. The lowest BCUT2D eigenvalue weighted by Gasteiger charge is -2.06. The highest BCUT2D eigenvalue weighted by Gasteiger charge is 2.15. The van der Waals surface area contributed by atoms with Crippen molar-refractivity contribution in [3.63, 3.8) is 0 Å². The van der Waals surface area contributed by atoms with Gasteiger partial charge in [0.25, 0.3) is 0 Å². The molecular formula is C7H5F4NO. The monoisotopic (exact) mass is 195 g/mol. The van der Waals surface area contributed by atoms with Crippen molar-refractivity contribution >= 4 is 5.69 Å². The number of nitrogens with two attached hydrogens (primary N) is 1. The zero-order valence-corrected chi connectivity index (χ0v) is 6.23. The molecule has 0 spiro atoms. The average molecular weight is 195 g/mol. The van der Waals surface area contributed by atoms with Crippen LogP contribution in [0.2, 0.25) is 0 Å². The topological polar surface area (TPSA) is 35.2 Å². The third-order valence-corrected chi connectivity index (χ3v) is 1.29. The van der Waals surface area contributed by atoms with Crippen LogP contribution >= 0.6 is 0 Å². The lowest BCUT2D eigenvalue weighted by atomic mass is 10.3. The molecular weight excluding hydrogens is 190 g/mol. The van der Waals surface area contributed by atoms with Crippen molar-refractivity contribution in [2.75, 3.05) is 5.73 Å². The summed E-state index contributed by atoms with van der Waals surface area (Å²) >= 11 is 0. The number of anilines is 1. The number of alkyl halides is 2. The first-order valence-corrected chi connectivity index (χ1v) is 3.20. The molecule has 1 aromatic carbocycles. The second-order valence-corrected chi connectivity index (χ2v) is 2.16. The molecule has 0 aromatic heterocycles. The van der Waals surface area contributed by atoms with Crippen LogP contribution in [0, 0.1) is 11.6 Å². The van der Waals surface area contributed by atoms with Gasteiger partial charge in [-0.05, 0) is 12.1 Å². The van der Waals surface area contributed by atoms with E-state index in [-0.39, 0.29) is 0 Å². The lowest BCUT2D eigenvalue weighted by Crippen LogP contribution is -2.05. The maximum atomic E-state index is 12.7. The molecule has 0 saturated heterocycles. The minimum absolute atomic E-state index is 0.459. The second kappa shape index (κ2) is 3.51. The van der Waals surface area contributed by atoms with Gasteiger partial charge >= 0.3 is 6.61 Å². The molecule has 0 heterocycles. The van der Waals surface area contributed by atoms with E-state index in [2.05, 4.69) is 4.74 Å². The minimum atomic E-state index is -3.20. The summed E-state index contributed by atoms with van der Waals surface area (Å²) in [6.45, 7) is -3.20. The average Bonchev–Trinajstić information content (AvgIpc) is 2.06. The van der Waals surface area contributed by atoms with Crippen LogP contribution in [0.5, 0.6) is 5.75 Å². The molecule has 0 atom stereocenters. The fraction of sp³-hybridized carbons (Fsp3) is 0.143. The standard InChI is InChI=1S/C7H5F4NO/c8-5-3(12)1-2-4(6(5)9)13-7(10)11/h1-2,7H,12H2. The van der Waals surface area contributed by atoms with Crippen LogP contribution in [0.15, 0.2) is 12.1 Å². The Labute approximate surface area is 70.9 Å². The summed E-state index contributed by atoms with van der Waals surface area (Å²) in [5.41, 5.74) is 4.50. The van der Waals surface area contributed by atoms with E-state index >= 15 is 0 Å². The Morgan fingerprint density at radius 3 is 2.31 bits per heavy atom. The lowest BCUT2D eigenvalue weighted by molar-refractivity contribution is -0.0524. The maximum Gasteiger partial charge on any atom is 0.387 e. The van der Waals surface area contributed by atoms with E-state index < -0.39 is 29.7 Å². The van der Waals surface area contributed by atoms with Crippen molar-refractivity contribution in [1.82, 2.24) is 0 Å². The Bertz CT molecular complexity index is 316. The van der Waals surface area contributed by atoms with Crippen molar-refractivity contribution in [3.05, 3.63) is 23.8 Å². The van der Waals surface area contributed by atoms with Crippen LogP contribution in [0.1, 0.15) is 0 Å². The molecule has 1 aromatic rings. The third-order valence-electron chi connectivity index (χ3n) is 1.29. The van der Waals surface area contributed by atoms with E-state index in [1.165, 1.54) is 0 Å². The number of halogens is 4. The number of ether oxygens (including phenoxy) is 1. The van der Waals surface area contributed by atoms with Gasteiger partial charge in [0.1, 0.15) is 0 Å². The van der Waals surface area contributed by atoms with Crippen LogP contribution in [0.4, 0.5) is 23.2 Å². The summed E-state index contributed by atoms with van der Waals surface area (Å²) in [6.07, 6.45) is 0. The minimum Gasteiger partial charge on any atom is -0.432 e. The molecule has 2 nitrogen and oxygen atoms in total. The maximum absolute atomic E-state index is 12.7. The third kappa shape index (κ3) is 2.01. The van der Waals surface area contributed by atoms with Gasteiger partial charge in [0.2, 0.25) is 5.82 Å². The highest BCUT2D eigenvalue weighted by Crippen LogP contribution is 2.25. The van der Waals surface area contributed by atoms with Gasteiger partial charge in [0, 0.05) is 0 Å². The van der Waals surface area contributed by atoms with Gasteiger partial charge in [-0.25, -0.2) is 4.39 Å². The highest BCUT2D eigenvalue weighted by atomic mass is 19.3.